The van der Waals surface area contributed by atoms with E-state index in [2.05, 4.69) is 5.16 Å². The maximum absolute atomic E-state index is 12.6. The standard InChI is InChI=1S/C14H17ClN2O2S/c1-8(2)17(9-3-4-9)14(18)11-7-10(16-19-11)12-5-6-13(15)20-12/h5-6,8-9,11H,3-4,7H2,1-2H3. The summed E-state index contributed by atoms with van der Waals surface area (Å²) in [7, 11) is 0. The summed E-state index contributed by atoms with van der Waals surface area (Å²) < 4.78 is 0.722. The zero-order valence-corrected chi connectivity index (χ0v) is 13.1. The van der Waals surface area contributed by atoms with Crippen LogP contribution in [0.1, 0.15) is 38.0 Å². The number of halogens is 1. The second-order valence-corrected chi connectivity index (χ2v) is 7.23. The molecule has 0 aromatic carbocycles. The van der Waals surface area contributed by atoms with E-state index < -0.39 is 6.10 Å². The Morgan fingerprint density at radius 1 is 1.50 bits per heavy atom. The van der Waals surface area contributed by atoms with Crippen LogP contribution in [0.3, 0.4) is 0 Å². The molecule has 1 unspecified atom stereocenters. The molecule has 4 nitrogen and oxygen atoms in total. The van der Waals surface area contributed by atoms with Crippen molar-refractivity contribution in [2.45, 2.75) is 51.3 Å². The molecule has 3 rings (SSSR count). The zero-order chi connectivity index (χ0) is 14.3. The van der Waals surface area contributed by atoms with E-state index >= 15 is 0 Å². The Kier molecular flexibility index (Phi) is 3.73. The Bertz CT molecular complexity index is 549. The van der Waals surface area contributed by atoms with Gasteiger partial charge in [-0.1, -0.05) is 16.8 Å². The van der Waals surface area contributed by atoms with Gasteiger partial charge in [-0.15, -0.1) is 11.3 Å². The first-order valence-corrected chi connectivity index (χ1v) is 8.06. The third-order valence-electron chi connectivity index (χ3n) is 3.55. The van der Waals surface area contributed by atoms with E-state index in [9.17, 15) is 4.79 Å². The Morgan fingerprint density at radius 3 is 2.80 bits per heavy atom. The van der Waals surface area contributed by atoms with Crippen molar-refractivity contribution in [3.63, 3.8) is 0 Å². The predicted molar refractivity (Wildman–Crippen MR) is 80.4 cm³/mol. The molecule has 2 aliphatic rings. The molecule has 1 amide bonds. The molecule has 0 radical (unpaired) electrons. The second-order valence-electron chi connectivity index (χ2n) is 5.51. The van der Waals surface area contributed by atoms with Crippen LogP contribution in [0.25, 0.3) is 0 Å². The maximum atomic E-state index is 12.6. The van der Waals surface area contributed by atoms with Crippen molar-refractivity contribution in [2.24, 2.45) is 5.16 Å². The van der Waals surface area contributed by atoms with E-state index in [1.165, 1.54) is 11.3 Å². The number of hydrogen-bond donors (Lipinski definition) is 0. The molecule has 1 aromatic rings. The van der Waals surface area contributed by atoms with Gasteiger partial charge in [0.15, 0.2) is 0 Å². The highest BCUT2D eigenvalue weighted by atomic mass is 35.5. The molecular weight excluding hydrogens is 296 g/mol. The first-order valence-electron chi connectivity index (χ1n) is 6.87. The van der Waals surface area contributed by atoms with Gasteiger partial charge in [-0.05, 0) is 38.8 Å². The van der Waals surface area contributed by atoms with Crippen LogP contribution in [0.4, 0.5) is 0 Å². The number of thiophene rings is 1. The molecule has 1 fully saturated rings. The SMILES string of the molecule is CC(C)N(C(=O)C1CC(c2ccc(Cl)s2)=NO1)C1CC1. The quantitative estimate of drug-likeness (QED) is 0.856. The van der Waals surface area contributed by atoms with Gasteiger partial charge < -0.3 is 9.74 Å². The number of rotatable bonds is 4. The van der Waals surface area contributed by atoms with E-state index in [1.54, 1.807) is 0 Å². The second kappa shape index (κ2) is 5.37. The van der Waals surface area contributed by atoms with Gasteiger partial charge in [0.25, 0.3) is 5.91 Å². The van der Waals surface area contributed by atoms with Gasteiger partial charge in [0.2, 0.25) is 6.10 Å². The molecule has 2 heterocycles. The molecule has 0 spiro atoms. The number of carbonyl (C=O) groups is 1. The Morgan fingerprint density at radius 2 is 2.25 bits per heavy atom. The average molecular weight is 313 g/mol. The lowest BCUT2D eigenvalue weighted by Gasteiger charge is -2.28. The number of hydrogen-bond acceptors (Lipinski definition) is 4. The van der Waals surface area contributed by atoms with Crippen molar-refractivity contribution in [3.05, 3.63) is 21.3 Å². The van der Waals surface area contributed by atoms with E-state index in [1.807, 2.05) is 30.9 Å². The molecule has 108 valence electrons. The maximum Gasteiger partial charge on any atom is 0.267 e. The molecule has 0 N–H and O–H groups in total. The highest BCUT2D eigenvalue weighted by molar-refractivity contribution is 7.18. The van der Waals surface area contributed by atoms with Gasteiger partial charge in [-0.25, -0.2) is 0 Å². The number of oxime groups is 1. The van der Waals surface area contributed by atoms with Crippen LogP contribution < -0.4 is 0 Å². The van der Waals surface area contributed by atoms with E-state index in [0.29, 0.717) is 12.5 Å². The first kappa shape index (κ1) is 13.9. The summed E-state index contributed by atoms with van der Waals surface area (Å²) in [5.74, 6) is 0.0592. The largest absolute Gasteiger partial charge is 0.382 e. The van der Waals surface area contributed by atoms with E-state index in [-0.39, 0.29) is 11.9 Å². The molecule has 20 heavy (non-hydrogen) atoms. The Labute approximate surface area is 127 Å². The van der Waals surface area contributed by atoms with Crippen LogP contribution in [0.15, 0.2) is 17.3 Å². The highest BCUT2D eigenvalue weighted by Gasteiger charge is 2.40. The fourth-order valence-corrected chi connectivity index (χ4v) is 3.53. The summed E-state index contributed by atoms with van der Waals surface area (Å²) >= 11 is 7.39. The van der Waals surface area contributed by atoms with E-state index in [4.69, 9.17) is 16.4 Å². The molecule has 1 aliphatic carbocycles. The van der Waals surface area contributed by atoms with Gasteiger partial charge in [-0.3, -0.25) is 4.79 Å². The molecule has 1 saturated carbocycles. The van der Waals surface area contributed by atoms with Crippen LogP contribution in [-0.2, 0) is 9.63 Å². The van der Waals surface area contributed by atoms with Crippen LogP contribution in [0.5, 0.6) is 0 Å². The molecule has 6 heteroatoms. The number of nitrogens with zero attached hydrogens (tertiary/aromatic N) is 2. The zero-order valence-electron chi connectivity index (χ0n) is 11.5. The van der Waals surface area contributed by atoms with Crippen LogP contribution in [0.2, 0.25) is 4.34 Å². The van der Waals surface area contributed by atoms with Gasteiger partial charge in [0.05, 0.1) is 9.21 Å². The molecule has 0 saturated heterocycles. The lowest BCUT2D eigenvalue weighted by atomic mass is 10.1. The van der Waals surface area contributed by atoms with Crippen molar-refractivity contribution in [1.29, 1.82) is 0 Å². The van der Waals surface area contributed by atoms with Crippen LogP contribution in [-0.4, -0.2) is 34.7 Å². The molecule has 1 aromatic heterocycles. The van der Waals surface area contributed by atoms with Gasteiger partial charge >= 0.3 is 0 Å². The minimum Gasteiger partial charge on any atom is -0.382 e. The topological polar surface area (TPSA) is 41.9 Å². The third kappa shape index (κ3) is 2.69. The summed E-state index contributed by atoms with van der Waals surface area (Å²) in [5, 5.41) is 4.06. The lowest BCUT2D eigenvalue weighted by Crippen LogP contribution is -2.44. The normalized spacial score (nSPS) is 21.8. The summed E-state index contributed by atoms with van der Waals surface area (Å²) in [5.41, 5.74) is 0.819. The molecule has 1 aliphatic heterocycles. The average Bonchev–Trinajstić information content (AvgIpc) is 2.92. The summed E-state index contributed by atoms with van der Waals surface area (Å²) in [6.07, 6.45) is 2.26. The molecule has 1 atom stereocenters. The number of carbonyl (C=O) groups excluding carboxylic acids is 1. The lowest BCUT2D eigenvalue weighted by molar-refractivity contribution is -0.144. The Hall–Kier alpha value is -1.07. The fourth-order valence-electron chi connectivity index (χ4n) is 2.50. The van der Waals surface area contributed by atoms with Crippen LogP contribution in [0, 0.1) is 0 Å². The van der Waals surface area contributed by atoms with Crippen molar-refractivity contribution < 1.29 is 9.63 Å². The van der Waals surface area contributed by atoms with Crippen molar-refractivity contribution in [1.82, 2.24) is 4.90 Å². The van der Waals surface area contributed by atoms with Gasteiger partial charge in [0, 0.05) is 18.5 Å². The summed E-state index contributed by atoms with van der Waals surface area (Å²) in [6, 6.07) is 4.36. The predicted octanol–water partition coefficient (Wildman–Crippen LogP) is 3.29. The van der Waals surface area contributed by atoms with Crippen LogP contribution >= 0.6 is 22.9 Å². The number of amides is 1. The molecule has 0 bridgehead atoms. The fraction of sp³-hybridized carbons (Fsp3) is 0.571. The third-order valence-corrected chi connectivity index (χ3v) is 4.83. The van der Waals surface area contributed by atoms with Crippen molar-refractivity contribution in [2.75, 3.05) is 0 Å². The first-order chi connectivity index (χ1) is 9.56. The Balaban J connectivity index is 1.67. The smallest absolute Gasteiger partial charge is 0.267 e. The summed E-state index contributed by atoms with van der Waals surface area (Å²) in [6.45, 7) is 4.10. The molecular formula is C14H17ClN2O2S. The van der Waals surface area contributed by atoms with Gasteiger partial charge in [0.1, 0.15) is 5.71 Å². The van der Waals surface area contributed by atoms with Crippen molar-refractivity contribution in [3.8, 4) is 0 Å². The van der Waals surface area contributed by atoms with Gasteiger partial charge in [-0.2, -0.15) is 0 Å². The van der Waals surface area contributed by atoms with E-state index in [0.717, 1.165) is 27.8 Å². The summed E-state index contributed by atoms with van der Waals surface area (Å²) in [4.78, 5) is 20.8. The monoisotopic (exact) mass is 312 g/mol. The minimum atomic E-state index is -0.478. The minimum absolute atomic E-state index is 0.0592. The highest BCUT2D eigenvalue weighted by Crippen LogP contribution is 2.32. The van der Waals surface area contributed by atoms with Crippen molar-refractivity contribution >= 4 is 34.6 Å².